The van der Waals surface area contributed by atoms with Crippen LogP contribution in [0.5, 0.6) is 0 Å². The molecule has 0 spiro atoms. The van der Waals surface area contributed by atoms with Crippen LogP contribution in [0.15, 0.2) is 16.9 Å². The maximum atomic E-state index is 11.9. The summed E-state index contributed by atoms with van der Waals surface area (Å²) in [7, 11) is 0. The topological polar surface area (TPSA) is 50.6 Å². The Hall–Kier alpha value is -1.08. The predicted molar refractivity (Wildman–Crippen MR) is 96.0 cm³/mol. The van der Waals surface area contributed by atoms with E-state index in [9.17, 15) is 4.79 Å². The van der Waals surface area contributed by atoms with Crippen molar-refractivity contribution in [1.82, 2.24) is 19.6 Å². The maximum Gasteiger partial charge on any atom is 0.409 e. The third-order valence-corrected chi connectivity index (χ3v) is 5.83. The van der Waals surface area contributed by atoms with Gasteiger partial charge in [-0.05, 0) is 61.0 Å². The van der Waals surface area contributed by atoms with Crippen LogP contribution in [0, 0.1) is 0 Å². The number of carbonyl (C=O) groups excluding carboxylic acids is 1. The predicted octanol–water partition coefficient (Wildman–Crippen LogP) is 3.29. The Morgan fingerprint density at radius 2 is 1.96 bits per heavy atom. The van der Waals surface area contributed by atoms with Crippen molar-refractivity contribution < 1.29 is 9.53 Å². The maximum absolute atomic E-state index is 11.9. The highest BCUT2D eigenvalue weighted by molar-refractivity contribution is 9.10. The van der Waals surface area contributed by atoms with Gasteiger partial charge in [-0.2, -0.15) is 5.10 Å². The van der Waals surface area contributed by atoms with Gasteiger partial charge in [0.1, 0.15) is 4.60 Å². The number of hydrogen-bond donors (Lipinski definition) is 0. The second-order valence-corrected chi connectivity index (χ2v) is 7.45. The standard InChI is InChI=1S/C17H27BrN4O2/c1-2-24-17(23)21-10-3-4-14(6-13-21)20-11-7-15(8-12-20)22-16(18)5-9-19-22/h5,9,14-15H,2-4,6-8,10-13H2,1H3. The van der Waals surface area contributed by atoms with Crippen molar-refractivity contribution >= 4 is 22.0 Å². The minimum absolute atomic E-state index is 0.152. The summed E-state index contributed by atoms with van der Waals surface area (Å²) < 4.78 is 8.32. The molecule has 7 heteroatoms. The molecule has 0 saturated carbocycles. The van der Waals surface area contributed by atoms with Gasteiger partial charge in [-0.1, -0.05) is 0 Å². The highest BCUT2D eigenvalue weighted by Crippen LogP contribution is 2.28. The summed E-state index contributed by atoms with van der Waals surface area (Å²) in [5, 5.41) is 4.43. The highest BCUT2D eigenvalue weighted by atomic mass is 79.9. The fourth-order valence-corrected chi connectivity index (χ4v) is 4.40. The van der Waals surface area contributed by atoms with Crippen LogP contribution in [0.25, 0.3) is 0 Å². The molecule has 0 aromatic carbocycles. The molecular weight excluding hydrogens is 372 g/mol. The van der Waals surface area contributed by atoms with E-state index in [2.05, 4.69) is 30.6 Å². The van der Waals surface area contributed by atoms with Gasteiger partial charge in [0.05, 0.1) is 18.8 Å². The van der Waals surface area contributed by atoms with Crippen molar-refractivity contribution in [3.8, 4) is 0 Å². The van der Waals surface area contributed by atoms with E-state index in [4.69, 9.17) is 4.74 Å². The van der Waals surface area contributed by atoms with Crippen molar-refractivity contribution in [3.05, 3.63) is 16.9 Å². The van der Waals surface area contributed by atoms with Crippen molar-refractivity contribution in [1.29, 1.82) is 0 Å². The first-order valence-electron chi connectivity index (χ1n) is 9.03. The zero-order chi connectivity index (χ0) is 16.9. The van der Waals surface area contributed by atoms with E-state index in [0.29, 0.717) is 18.7 Å². The molecule has 2 fully saturated rings. The summed E-state index contributed by atoms with van der Waals surface area (Å²) in [6.45, 7) is 6.18. The van der Waals surface area contributed by atoms with Crippen LogP contribution in [0.2, 0.25) is 0 Å². The molecule has 6 nitrogen and oxygen atoms in total. The van der Waals surface area contributed by atoms with Gasteiger partial charge >= 0.3 is 6.09 Å². The molecule has 3 rings (SSSR count). The largest absolute Gasteiger partial charge is 0.450 e. The smallest absolute Gasteiger partial charge is 0.409 e. The number of carbonyl (C=O) groups is 1. The molecule has 1 unspecified atom stereocenters. The fraction of sp³-hybridized carbons (Fsp3) is 0.765. The number of piperidine rings is 1. The Bertz CT molecular complexity index is 542. The van der Waals surface area contributed by atoms with E-state index in [0.717, 1.165) is 56.5 Å². The molecule has 134 valence electrons. The monoisotopic (exact) mass is 398 g/mol. The number of aromatic nitrogens is 2. The van der Waals surface area contributed by atoms with Crippen molar-refractivity contribution in [3.63, 3.8) is 0 Å². The number of rotatable bonds is 3. The molecule has 2 saturated heterocycles. The van der Waals surface area contributed by atoms with E-state index >= 15 is 0 Å². The zero-order valence-electron chi connectivity index (χ0n) is 14.4. The van der Waals surface area contributed by atoms with Crippen LogP contribution in [0.3, 0.4) is 0 Å². The molecule has 0 bridgehead atoms. The quantitative estimate of drug-likeness (QED) is 0.783. The summed E-state index contributed by atoms with van der Waals surface area (Å²) >= 11 is 3.57. The molecule has 1 amide bonds. The van der Waals surface area contributed by atoms with Crippen LogP contribution in [-0.4, -0.2) is 64.5 Å². The summed E-state index contributed by atoms with van der Waals surface area (Å²) in [6, 6.07) is 3.08. The SMILES string of the molecule is CCOC(=O)N1CCCC(N2CCC(n3nccc3Br)CC2)CC1. The Morgan fingerprint density at radius 1 is 1.21 bits per heavy atom. The van der Waals surface area contributed by atoms with E-state index in [-0.39, 0.29) is 6.09 Å². The fourth-order valence-electron chi connectivity index (χ4n) is 3.90. The Balaban J connectivity index is 1.50. The molecule has 1 aromatic heterocycles. The van der Waals surface area contributed by atoms with Crippen LogP contribution in [0.1, 0.15) is 45.1 Å². The third kappa shape index (κ3) is 4.11. The lowest BCUT2D eigenvalue weighted by molar-refractivity contribution is 0.102. The molecule has 0 aliphatic carbocycles. The summed E-state index contributed by atoms with van der Waals surface area (Å²) in [5.41, 5.74) is 0. The minimum atomic E-state index is -0.152. The summed E-state index contributed by atoms with van der Waals surface area (Å²) in [4.78, 5) is 16.4. The first-order chi connectivity index (χ1) is 11.7. The van der Waals surface area contributed by atoms with Crippen molar-refractivity contribution in [2.45, 2.75) is 51.1 Å². The van der Waals surface area contributed by atoms with Gasteiger partial charge in [0.15, 0.2) is 0 Å². The summed E-state index contributed by atoms with van der Waals surface area (Å²) in [6.07, 6.45) is 7.26. The van der Waals surface area contributed by atoms with E-state index in [1.54, 1.807) is 0 Å². The zero-order valence-corrected chi connectivity index (χ0v) is 15.9. The van der Waals surface area contributed by atoms with Crippen molar-refractivity contribution in [2.24, 2.45) is 0 Å². The average Bonchev–Trinajstić information content (AvgIpc) is 2.87. The Kier molecular flexibility index (Phi) is 6.16. The molecule has 24 heavy (non-hydrogen) atoms. The van der Waals surface area contributed by atoms with Crippen LogP contribution in [0.4, 0.5) is 4.79 Å². The van der Waals surface area contributed by atoms with Gasteiger partial charge < -0.3 is 14.5 Å². The number of ether oxygens (including phenoxy) is 1. The Labute approximate surface area is 152 Å². The lowest BCUT2D eigenvalue weighted by atomic mass is 10.00. The summed E-state index contributed by atoms with van der Waals surface area (Å²) in [5.74, 6) is 0. The molecule has 0 N–H and O–H groups in total. The van der Waals surface area contributed by atoms with Crippen LogP contribution >= 0.6 is 15.9 Å². The molecule has 2 aliphatic rings. The van der Waals surface area contributed by atoms with Crippen LogP contribution < -0.4 is 0 Å². The van der Waals surface area contributed by atoms with Crippen molar-refractivity contribution in [2.75, 3.05) is 32.8 Å². The minimum Gasteiger partial charge on any atom is -0.450 e. The third-order valence-electron chi connectivity index (χ3n) is 5.21. The lowest BCUT2D eigenvalue weighted by Gasteiger charge is -2.37. The van der Waals surface area contributed by atoms with Gasteiger partial charge in [0, 0.05) is 32.2 Å². The van der Waals surface area contributed by atoms with Crippen LogP contribution in [-0.2, 0) is 4.74 Å². The van der Waals surface area contributed by atoms with E-state index in [1.165, 1.54) is 6.42 Å². The average molecular weight is 399 g/mol. The van der Waals surface area contributed by atoms with E-state index in [1.807, 2.05) is 24.1 Å². The number of hydrogen-bond acceptors (Lipinski definition) is 4. The van der Waals surface area contributed by atoms with Gasteiger partial charge in [0.2, 0.25) is 0 Å². The molecule has 2 aliphatic heterocycles. The Morgan fingerprint density at radius 3 is 2.62 bits per heavy atom. The lowest BCUT2D eigenvalue weighted by Crippen LogP contribution is -2.42. The molecular formula is C17H27BrN4O2. The highest BCUT2D eigenvalue weighted by Gasteiger charge is 2.29. The molecule has 1 aromatic rings. The van der Waals surface area contributed by atoms with Gasteiger partial charge in [0.25, 0.3) is 0 Å². The molecule has 1 atom stereocenters. The second kappa shape index (κ2) is 8.34. The number of likely N-dealkylation sites (tertiary alicyclic amines) is 2. The molecule has 3 heterocycles. The van der Waals surface area contributed by atoms with Gasteiger partial charge in [-0.25, -0.2) is 4.79 Å². The number of halogens is 1. The van der Waals surface area contributed by atoms with Gasteiger partial charge in [-0.15, -0.1) is 0 Å². The molecule has 0 radical (unpaired) electrons. The normalized spacial score (nSPS) is 23.9. The van der Waals surface area contributed by atoms with E-state index < -0.39 is 0 Å². The number of amides is 1. The first kappa shape index (κ1) is 17.7. The van der Waals surface area contributed by atoms with Gasteiger partial charge in [-0.3, -0.25) is 4.68 Å². The second-order valence-electron chi connectivity index (χ2n) is 6.64. The number of nitrogens with zero attached hydrogens (tertiary/aromatic N) is 4. The first-order valence-corrected chi connectivity index (χ1v) is 9.83.